The fraction of sp³-hybridized carbons (Fsp3) is 0.926. The van der Waals surface area contributed by atoms with Crippen LogP contribution in [0, 0.1) is 46.3 Å². The minimum absolute atomic E-state index is 0.0244. The van der Waals surface area contributed by atoms with Gasteiger partial charge in [-0.25, -0.2) is 20.4 Å². The first-order valence-electron chi connectivity index (χ1n) is 13.8. The number of carbonyl (C=O) groups is 2. The molecular formula is C27H44N2O5. The van der Waals surface area contributed by atoms with E-state index in [1.807, 2.05) is 0 Å². The van der Waals surface area contributed by atoms with Crippen molar-refractivity contribution in [2.45, 2.75) is 97.7 Å². The predicted molar refractivity (Wildman–Crippen MR) is 128 cm³/mol. The van der Waals surface area contributed by atoms with Gasteiger partial charge in [-0.3, -0.25) is 0 Å². The van der Waals surface area contributed by atoms with Crippen molar-refractivity contribution in [2.24, 2.45) is 46.3 Å². The summed E-state index contributed by atoms with van der Waals surface area (Å²) in [5, 5.41) is 0. The molecule has 0 spiro atoms. The molecule has 4 saturated carbocycles. The van der Waals surface area contributed by atoms with Gasteiger partial charge in [0.15, 0.2) is 0 Å². The number of ether oxygens (including phenoxy) is 3. The molecule has 0 aromatic rings. The van der Waals surface area contributed by atoms with Crippen LogP contribution in [0.4, 0.5) is 9.59 Å². The summed E-state index contributed by atoms with van der Waals surface area (Å²) in [7, 11) is 0. The lowest BCUT2D eigenvalue weighted by atomic mass is 9.43. The van der Waals surface area contributed by atoms with Gasteiger partial charge in [-0.2, -0.15) is 0 Å². The Bertz CT molecular complexity index is 791. The number of hydrogen-bond donors (Lipinski definition) is 2. The lowest BCUT2D eigenvalue weighted by molar-refractivity contribution is -0.178. The van der Waals surface area contributed by atoms with E-state index in [2.05, 4.69) is 38.5 Å². The van der Waals surface area contributed by atoms with E-state index >= 15 is 0 Å². The molecule has 2 heterocycles. The molecule has 0 aromatic heterocycles. The van der Waals surface area contributed by atoms with Crippen LogP contribution in [-0.2, 0) is 14.2 Å². The predicted octanol–water partition coefficient (Wildman–Crippen LogP) is 5.44. The minimum Gasteiger partial charge on any atom is -0.446 e. The molecule has 34 heavy (non-hydrogen) atoms. The van der Waals surface area contributed by atoms with Gasteiger partial charge in [0.2, 0.25) is 0 Å². The maximum atomic E-state index is 12.9. The van der Waals surface area contributed by atoms with Crippen LogP contribution in [0.1, 0.15) is 85.5 Å². The summed E-state index contributed by atoms with van der Waals surface area (Å²) in [5.41, 5.74) is 5.01. The molecule has 4 aliphatic carbocycles. The molecule has 7 heteroatoms. The highest BCUT2D eigenvalue weighted by molar-refractivity contribution is 5.73. The molecule has 2 amide bonds. The molecule has 10 atom stereocenters. The van der Waals surface area contributed by atoms with Crippen molar-refractivity contribution in [2.75, 3.05) is 13.2 Å². The third-order valence-electron chi connectivity index (χ3n) is 11.3. The molecule has 7 nitrogen and oxygen atoms in total. The van der Waals surface area contributed by atoms with Crippen molar-refractivity contribution in [1.29, 1.82) is 0 Å². The molecule has 0 aromatic carbocycles. The largest absolute Gasteiger partial charge is 0.446 e. The Hall–Kier alpha value is -1.50. The summed E-state index contributed by atoms with van der Waals surface area (Å²) in [6.07, 6.45) is 9.27. The molecule has 2 N–H and O–H groups in total. The van der Waals surface area contributed by atoms with Crippen molar-refractivity contribution >= 4 is 12.2 Å². The molecule has 5 bridgehead atoms. The monoisotopic (exact) mass is 476 g/mol. The second-order valence-corrected chi connectivity index (χ2v) is 12.4. The number of rotatable bonds is 2. The van der Waals surface area contributed by atoms with Crippen molar-refractivity contribution in [3.8, 4) is 0 Å². The highest BCUT2D eigenvalue weighted by Crippen LogP contribution is 2.69. The van der Waals surface area contributed by atoms with Crippen LogP contribution in [0.3, 0.4) is 0 Å². The third-order valence-corrected chi connectivity index (χ3v) is 11.3. The van der Waals surface area contributed by atoms with Gasteiger partial charge in [0, 0.05) is 5.41 Å². The number of fused-ring (bicyclic) bond motifs is 11. The van der Waals surface area contributed by atoms with E-state index in [9.17, 15) is 9.59 Å². The first-order chi connectivity index (χ1) is 16.3. The van der Waals surface area contributed by atoms with Gasteiger partial charge in [-0.05, 0) is 92.3 Å². The van der Waals surface area contributed by atoms with Gasteiger partial charge in [-0.1, -0.05) is 34.1 Å². The lowest BCUT2D eigenvalue weighted by Gasteiger charge is -2.63. The minimum atomic E-state index is -0.688. The quantitative estimate of drug-likeness (QED) is 0.555. The fourth-order valence-corrected chi connectivity index (χ4v) is 9.37. The summed E-state index contributed by atoms with van der Waals surface area (Å²) in [6, 6.07) is 0. The van der Waals surface area contributed by atoms with Gasteiger partial charge in [0.05, 0.1) is 12.7 Å². The Morgan fingerprint density at radius 1 is 0.971 bits per heavy atom. The Labute approximate surface area is 204 Å². The second kappa shape index (κ2) is 9.18. The molecule has 2 aliphatic heterocycles. The topological polar surface area (TPSA) is 85.9 Å². The molecule has 2 saturated heterocycles. The van der Waals surface area contributed by atoms with Crippen LogP contribution in [-0.4, -0.2) is 37.6 Å². The van der Waals surface area contributed by atoms with Gasteiger partial charge in [0.1, 0.15) is 12.7 Å². The fourth-order valence-electron chi connectivity index (χ4n) is 9.37. The average molecular weight is 477 g/mol. The van der Waals surface area contributed by atoms with Gasteiger partial charge < -0.3 is 14.2 Å². The summed E-state index contributed by atoms with van der Waals surface area (Å²) < 4.78 is 17.5. The zero-order valence-electron chi connectivity index (χ0n) is 21.4. The Morgan fingerprint density at radius 2 is 1.76 bits per heavy atom. The third kappa shape index (κ3) is 3.90. The van der Waals surface area contributed by atoms with E-state index in [1.54, 1.807) is 0 Å². The smallest absolute Gasteiger partial charge is 0.426 e. The van der Waals surface area contributed by atoms with Crippen LogP contribution in [0.25, 0.3) is 0 Å². The summed E-state index contributed by atoms with van der Waals surface area (Å²) in [6.45, 7) is 10.1. The van der Waals surface area contributed by atoms with Crippen LogP contribution in [0.2, 0.25) is 0 Å². The molecule has 0 radical (unpaired) electrons. The van der Waals surface area contributed by atoms with Crippen molar-refractivity contribution in [1.82, 2.24) is 10.9 Å². The Kier molecular flexibility index (Phi) is 6.54. The normalized spacial score (nSPS) is 47.7. The van der Waals surface area contributed by atoms with Gasteiger partial charge in [0.25, 0.3) is 0 Å². The van der Waals surface area contributed by atoms with E-state index in [4.69, 9.17) is 14.2 Å². The average Bonchev–Trinajstić information content (AvgIpc) is 3.18. The van der Waals surface area contributed by atoms with E-state index in [-0.39, 0.29) is 29.6 Å². The maximum absolute atomic E-state index is 12.9. The van der Waals surface area contributed by atoms with Crippen molar-refractivity contribution in [3.05, 3.63) is 0 Å². The molecule has 6 aliphatic rings. The van der Waals surface area contributed by atoms with E-state index in [0.29, 0.717) is 42.1 Å². The SMILES string of the molecule is CC[C@@H](C)[C@H]1CC[C@H]2[C@@H]3CC[C@@H]4C[C@H]5CC[C@]4(C)[C@H]3C[C@H](OC(=O)NNC(=O)OCCO5)[C@]12C. The first-order valence-corrected chi connectivity index (χ1v) is 13.8. The summed E-state index contributed by atoms with van der Waals surface area (Å²) >= 11 is 0. The molecular weight excluding hydrogens is 432 g/mol. The van der Waals surface area contributed by atoms with Crippen LogP contribution < -0.4 is 10.9 Å². The highest BCUT2D eigenvalue weighted by Gasteiger charge is 2.65. The number of hydrazine groups is 1. The number of amides is 2. The molecule has 6 rings (SSSR count). The molecule has 192 valence electrons. The van der Waals surface area contributed by atoms with Crippen molar-refractivity contribution < 1.29 is 23.8 Å². The van der Waals surface area contributed by atoms with Crippen LogP contribution in [0.5, 0.6) is 0 Å². The Balaban J connectivity index is 1.49. The van der Waals surface area contributed by atoms with Crippen LogP contribution >= 0.6 is 0 Å². The Morgan fingerprint density at radius 3 is 2.56 bits per heavy atom. The first kappa shape index (κ1) is 24.2. The molecule has 0 unspecified atom stereocenters. The summed E-state index contributed by atoms with van der Waals surface area (Å²) in [4.78, 5) is 24.9. The lowest BCUT2D eigenvalue weighted by Crippen LogP contribution is -2.60. The zero-order valence-corrected chi connectivity index (χ0v) is 21.4. The summed E-state index contributed by atoms with van der Waals surface area (Å²) in [5.74, 6) is 3.68. The number of carbonyl (C=O) groups excluding carboxylic acids is 2. The standard InChI is InChI=1S/C27H44N2O5/c1-5-16(2)20-8-9-21-19-7-6-17-14-18-10-11-26(17,3)22(19)15-23(27(20,21)4)34-25(31)29-28-24(30)33-13-12-32-18/h16-23H,5-15H2,1-4H3,(H,28,30)(H,29,31)/t16-,17-,18-,19+,20-,21+,22+,23+,26+,27-/m1/s1. The number of hydrogen-bond acceptors (Lipinski definition) is 5. The van der Waals surface area contributed by atoms with Gasteiger partial charge >= 0.3 is 12.2 Å². The highest BCUT2D eigenvalue weighted by atomic mass is 16.6. The van der Waals surface area contributed by atoms with Crippen LogP contribution in [0.15, 0.2) is 0 Å². The molecule has 6 fully saturated rings. The van der Waals surface area contributed by atoms with E-state index < -0.39 is 12.2 Å². The van der Waals surface area contributed by atoms with E-state index in [0.717, 1.165) is 25.7 Å². The maximum Gasteiger partial charge on any atom is 0.426 e. The zero-order chi connectivity index (χ0) is 24.1. The number of nitrogens with one attached hydrogen (secondary N) is 2. The van der Waals surface area contributed by atoms with Crippen molar-refractivity contribution in [3.63, 3.8) is 0 Å². The van der Waals surface area contributed by atoms with Gasteiger partial charge in [-0.15, -0.1) is 0 Å². The second-order valence-electron chi connectivity index (χ2n) is 12.4. The van der Waals surface area contributed by atoms with E-state index in [1.165, 1.54) is 32.1 Å².